The summed E-state index contributed by atoms with van der Waals surface area (Å²) in [6, 6.07) is 6.20. The maximum atomic E-state index is 10.0. The van der Waals surface area contributed by atoms with E-state index in [1.165, 1.54) is 0 Å². The molecule has 0 bridgehead atoms. The highest BCUT2D eigenvalue weighted by Crippen LogP contribution is 2.32. The lowest BCUT2D eigenvalue weighted by atomic mass is 10.0. The Bertz CT molecular complexity index is 445. The largest absolute Gasteiger partial charge is 0.490 e. The first-order valence-corrected chi connectivity index (χ1v) is 7.37. The van der Waals surface area contributed by atoms with Gasteiger partial charge in [0.05, 0.1) is 18.8 Å². The predicted octanol–water partition coefficient (Wildman–Crippen LogP) is 2.66. The third-order valence-corrected chi connectivity index (χ3v) is 3.82. The van der Waals surface area contributed by atoms with E-state index in [0.29, 0.717) is 19.8 Å². The first-order chi connectivity index (χ1) is 9.52. The molecule has 4 nitrogen and oxygen atoms in total. The Morgan fingerprint density at radius 1 is 1.30 bits per heavy atom. The van der Waals surface area contributed by atoms with E-state index in [1.54, 1.807) is 0 Å². The van der Waals surface area contributed by atoms with Gasteiger partial charge in [0.1, 0.15) is 0 Å². The molecular formula is C16H25NO3. The Morgan fingerprint density at radius 3 is 2.70 bits per heavy atom. The SMILES string of the molecule is CCC(C)(O)CNC(C)c1ccc2c(c1)OCCCO2. The second kappa shape index (κ2) is 6.46. The van der Waals surface area contributed by atoms with Crippen molar-refractivity contribution in [1.82, 2.24) is 5.32 Å². The zero-order chi connectivity index (χ0) is 14.6. The molecule has 20 heavy (non-hydrogen) atoms. The van der Waals surface area contributed by atoms with Crippen LogP contribution in [0.3, 0.4) is 0 Å². The molecule has 0 aromatic heterocycles. The fourth-order valence-electron chi connectivity index (χ4n) is 2.07. The standard InChI is InChI=1S/C16H25NO3/c1-4-16(3,18)11-17-12(2)13-6-7-14-15(10-13)20-9-5-8-19-14/h6-7,10,12,17-18H,4-5,8-9,11H2,1-3H3. The molecule has 4 heteroatoms. The van der Waals surface area contributed by atoms with Crippen LogP contribution in [0.15, 0.2) is 18.2 Å². The summed E-state index contributed by atoms with van der Waals surface area (Å²) in [5.41, 5.74) is 0.473. The normalized spacial score (nSPS) is 19.0. The van der Waals surface area contributed by atoms with Crippen molar-refractivity contribution in [2.45, 2.75) is 45.3 Å². The molecule has 2 rings (SSSR count). The van der Waals surface area contributed by atoms with Crippen LogP contribution < -0.4 is 14.8 Å². The van der Waals surface area contributed by atoms with E-state index in [2.05, 4.69) is 12.2 Å². The summed E-state index contributed by atoms with van der Waals surface area (Å²) < 4.78 is 11.3. The average molecular weight is 279 g/mol. The smallest absolute Gasteiger partial charge is 0.161 e. The van der Waals surface area contributed by atoms with Crippen LogP contribution in [-0.2, 0) is 0 Å². The minimum absolute atomic E-state index is 0.158. The van der Waals surface area contributed by atoms with Crippen LogP contribution >= 0.6 is 0 Å². The van der Waals surface area contributed by atoms with Gasteiger partial charge in [0.15, 0.2) is 11.5 Å². The van der Waals surface area contributed by atoms with Gasteiger partial charge in [-0.05, 0) is 38.0 Å². The van der Waals surface area contributed by atoms with E-state index in [4.69, 9.17) is 9.47 Å². The van der Waals surface area contributed by atoms with Crippen molar-refractivity contribution in [2.24, 2.45) is 0 Å². The van der Waals surface area contributed by atoms with Gasteiger partial charge in [-0.2, -0.15) is 0 Å². The van der Waals surface area contributed by atoms with Gasteiger partial charge in [-0.1, -0.05) is 13.0 Å². The fraction of sp³-hybridized carbons (Fsp3) is 0.625. The van der Waals surface area contributed by atoms with Crippen molar-refractivity contribution in [3.63, 3.8) is 0 Å². The van der Waals surface area contributed by atoms with Crippen LogP contribution in [-0.4, -0.2) is 30.5 Å². The number of hydrogen-bond donors (Lipinski definition) is 2. The molecule has 0 saturated carbocycles. The Labute approximate surface area is 121 Å². The van der Waals surface area contributed by atoms with E-state index in [-0.39, 0.29) is 6.04 Å². The Balaban J connectivity index is 2.03. The minimum atomic E-state index is -0.667. The maximum absolute atomic E-state index is 10.0. The van der Waals surface area contributed by atoms with Gasteiger partial charge < -0.3 is 19.9 Å². The third kappa shape index (κ3) is 3.87. The van der Waals surface area contributed by atoms with E-state index in [1.807, 2.05) is 32.0 Å². The quantitative estimate of drug-likeness (QED) is 0.870. The van der Waals surface area contributed by atoms with Crippen LogP contribution in [0.2, 0.25) is 0 Å². The lowest BCUT2D eigenvalue weighted by Crippen LogP contribution is -2.38. The average Bonchev–Trinajstić information content (AvgIpc) is 2.69. The number of aliphatic hydroxyl groups is 1. The van der Waals surface area contributed by atoms with Crippen molar-refractivity contribution >= 4 is 0 Å². The van der Waals surface area contributed by atoms with Crippen LogP contribution in [0.4, 0.5) is 0 Å². The number of hydrogen-bond acceptors (Lipinski definition) is 4. The molecule has 1 aromatic rings. The van der Waals surface area contributed by atoms with E-state index in [0.717, 1.165) is 29.9 Å². The summed E-state index contributed by atoms with van der Waals surface area (Å²) in [5.74, 6) is 1.63. The molecule has 2 atom stereocenters. The molecule has 1 heterocycles. The van der Waals surface area contributed by atoms with Crippen LogP contribution in [0.25, 0.3) is 0 Å². The van der Waals surface area contributed by atoms with Gasteiger partial charge in [0.2, 0.25) is 0 Å². The molecule has 0 saturated heterocycles. The van der Waals surface area contributed by atoms with E-state index >= 15 is 0 Å². The second-order valence-electron chi connectivity index (χ2n) is 5.71. The van der Waals surface area contributed by atoms with Gasteiger partial charge in [0, 0.05) is 19.0 Å². The highest BCUT2D eigenvalue weighted by molar-refractivity contribution is 5.44. The molecule has 1 aliphatic heterocycles. The summed E-state index contributed by atoms with van der Waals surface area (Å²) in [7, 11) is 0. The first kappa shape index (κ1) is 15.1. The molecule has 0 aliphatic carbocycles. The molecule has 0 amide bonds. The minimum Gasteiger partial charge on any atom is -0.490 e. The molecule has 2 N–H and O–H groups in total. The summed E-state index contributed by atoms with van der Waals surface area (Å²) >= 11 is 0. The van der Waals surface area contributed by atoms with Crippen LogP contribution in [0.5, 0.6) is 11.5 Å². The summed E-state index contributed by atoms with van der Waals surface area (Å²) in [5, 5.41) is 13.4. The van der Waals surface area contributed by atoms with Gasteiger partial charge in [-0.15, -0.1) is 0 Å². The van der Waals surface area contributed by atoms with Crippen molar-refractivity contribution in [2.75, 3.05) is 19.8 Å². The maximum Gasteiger partial charge on any atom is 0.161 e. The van der Waals surface area contributed by atoms with Crippen molar-refractivity contribution in [1.29, 1.82) is 0 Å². The number of rotatable bonds is 5. The lowest BCUT2D eigenvalue weighted by molar-refractivity contribution is 0.0533. The monoisotopic (exact) mass is 279 g/mol. The number of nitrogens with one attached hydrogen (secondary N) is 1. The molecule has 1 aliphatic rings. The van der Waals surface area contributed by atoms with E-state index < -0.39 is 5.60 Å². The van der Waals surface area contributed by atoms with Gasteiger partial charge in [-0.25, -0.2) is 0 Å². The number of benzene rings is 1. The highest BCUT2D eigenvalue weighted by Gasteiger charge is 2.19. The van der Waals surface area contributed by atoms with Crippen LogP contribution in [0, 0.1) is 0 Å². The van der Waals surface area contributed by atoms with Gasteiger partial charge in [-0.3, -0.25) is 0 Å². The second-order valence-corrected chi connectivity index (χ2v) is 5.71. The third-order valence-electron chi connectivity index (χ3n) is 3.82. The molecule has 0 radical (unpaired) electrons. The predicted molar refractivity (Wildman–Crippen MR) is 79.4 cm³/mol. The number of fused-ring (bicyclic) bond motifs is 1. The molecular weight excluding hydrogens is 254 g/mol. The van der Waals surface area contributed by atoms with Gasteiger partial charge >= 0.3 is 0 Å². The topological polar surface area (TPSA) is 50.7 Å². The number of ether oxygens (including phenoxy) is 2. The molecule has 2 unspecified atom stereocenters. The Morgan fingerprint density at radius 2 is 2.00 bits per heavy atom. The first-order valence-electron chi connectivity index (χ1n) is 7.37. The summed E-state index contributed by atoms with van der Waals surface area (Å²) in [6.07, 6.45) is 1.64. The zero-order valence-electron chi connectivity index (χ0n) is 12.6. The summed E-state index contributed by atoms with van der Waals surface area (Å²) in [4.78, 5) is 0. The van der Waals surface area contributed by atoms with Crippen molar-refractivity contribution in [3.8, 4) is 11.5 Å². The molecule has 1 aromatic carbocycles. The summed E-state index contributed by atoms with van der Waals surface area (Å²) in [6.45, 7) is 7.90. The van der Waals surface area contributed by atoms with Gasteiger partial charge in [0.25, 0.3) is 0 Å². The van der Waals surface area contributed by atoms with E-state index in [9.17, 15) is 5.11 Å². The van der Waals surface area contributed by atoms with Crippen LogP contribution in [0.1, 0.15) is 45.2 Å². The fourth-order valence-corrected chi connectivity index (χ4v) is 2.07. The Hall–Kier alpha value is -1.26. The highest BCUT2D eigenvalue weighted by atomic mass is 16.5. The molecule has 112 valence electrons. The molecule has 0 fully saturated rings. The van der Waals surface area contributed by atoms with Crippen molar-refractivity contribution < 1.29 is 14.6 Å². The Kier molecular flexibility index (Phi) is 4.89. The molecule has 0 spiro atoms. The zero-order valence-corrected chi connectivity index (χ0v) is 12.6. The lowest BCUT2D eigenvalue weighted by Gasteiger charge is -2.25. The van der Waals surface area contributed by atoms with Crippen molar-refractivity contribution in [3.05, 3.63) is 23.8 Å².